The molecule has 1 aliphatic rings. The van der Waals surface area contributed by atoms with Crippen LogP contribution in [0.3, 0.4) is 0 Å². The summed E-state index contributed by atoms with van der Waals surface area (Å²) in [6.45, 7) is 4.90. The maximum absolute atomic E-state index is 12.4. The van der Waals surface area contributed by atoms with Crippen LogP contribution >= 0.6 is 0 Å². The van der Waals surface area contributed by atoms with Crippen LogP contribution in [0.15, 0.2) is 24.5 Å². The lowest BCUT2D eigenvalue weighted by atomic mass is 10.1. The summed E-state index contributed by atoms with van der Waals surface area (Å²) >= 11 is 0. The third-order valence-corrected chi connectivity index (χ3v) is 3.97. The molecule has 1 atom stereocenters. The van der Waals surface area contributed by atoms with Gasteiger partial charge in [-0.25, -0.2) is 0 Å². The first kappa shape index (κ1) is 16.4. The number of pyridine rings is 1. The number of aromatic nitrogens is 1. The predicted octanol–water partition coefficient (Wildman–Crippen LogP) is 0.450. The lowest BCUT2D eigenvalue weighted by Gasteiger charge is -2.25. The zero-order chi connectivity index (χ0) is 16.1. The van der Waals surface area contributed by atoms with Gasteiger partial charge in [0.15, 0.2) is 0 Å². The van der Waals surface area contributed by atoms with Crippen LogP contribution in [0, 0.1) is 5.92 Å². The molecule has 0 aromatic carbocycles. The van der Waals surface area contributed by atoms with Crippen LogP contribution in [0.25, 0.3) is 0 Å². The van der Waals surface area contributed by atoms with E-state index in [1.807, 2.05) is 18.3 Å². The molecule has 1 aliphatic heterocycles. The first-order chi connectivity index (χ1) is 10.5. The van der Waals surface area contributed by atoms with Gasteiger partial charge in [-0.2, -0.15) is 0 Å². The Morgan fingerprint density at radius 3 is 2.68 bits per heavy atom. The SMILES string of the molecule is CC(=O)N1CCN(Cc2cccnc2)C[C@@H](C(=O)N(C)C)C1. The molecular formula is C16H24N4O2. The average molecular weight is 304 g/mol. The summed E-state index contributed by atoms with van der Waals surface area (Å²) in [5.74, 6) is -0.0813. The highest BCUT2D eigenvalue weighted by molar-refractivity contribution is 5.80. The van der Waals surface area contributed by atoms with Gasteiger partial charge in [-0.15, -0.1) is 0 Å². The van der Waals surface area contributed by atoms with Gasteiger partial charge in [0.05, 0.1) is 5.92 Å². The number of carbonyl (C=O) groups is 2. The van der Waals surface area contributed by atoms with Gasteiger partial charge in [-0.1, -0.05) is 6.07 Å². The summed E-state index contributed by atoms with van der Waals surface area (Å²) in [7, 11) is 3.52. The van der Waals surface area contributed by atoms with Crippen molar-refractivity contribution in [3.8, 4) is 0 Å². The number of hydrogen-bond acceptors (Lipinski definition) is 4. The van der Waals surface area contributed by atoms with E-state index in [9.17, 15) is 9.59 Å². The molecular weight excluding hydrogens is 280 g/mol. The lowest BCUT2D eigenvalue weighted by Crippen LogP contribution is -2.41. The molecule has 2 amide bonds. The van der Waals surface area contributed by atoms with Crippen LogP contribution in [0.5, 0.6) is 0 Å². The third-order valence-electron chi connectivity index (χ3n) is 3.97. The topological polar surface area (TPSA) is 56.8 Å². The zero-order valence-electron chi connectivity index (χ0n) is 13.5. The van der Waals surface area contributed by atoms with Gasteiger partial charge in [0, 0.05) is 66.1 Å². The van der Waals surface area contributed by atoms with E-state index in [-0.39, 0.29) is 17.7 Å². The van der Waals surface area contributed by atoms with Gasteiger partial charge >= 0.3 is 0 Å². The minimum absolute atomic E-state index is 0.0276. The monoisotopic (exact) mass is 304 g/mol. The second-order valence-electron chi connectivity index (χ2n) is 5.99. The molecule has 6 nitrogen and oxygen atoms in total. The molecule has 0 saturated carbocycles. The summed E-state index contributed by atoms with van der Waals surface area (Å²) in [4.78, 5) is 33.8. The molecule has 0 unspecified atom stereocenters. The van der Waals surface area contributed by atoms with Gasteiger partial charge in [0.2, 0.25) is 11.8 Å². The van der Waals surface area contributed by atoms with E-state index in [1.54, 1.807) is 37.0 Å². The molecule has 0 N–H and O–H groups in total. The molecule has 1 aromatic rings. The molecule has 6 heteroatoms. The summed E-state index contributed by atoms with van der Waals surface area (Å²) < 4.78 is 0. The minimum atomic E-state index is -0.182. The van der Waals surface area contributed by atoms with Gasteiger partial charge in [-0.3, -0.25) is 19.5 Å². The average Bonchev–Trinajstić information content (AvgIpc) is 2.70. The molecule has 0 bridgehead atoms. The Bertz CT molecular complexity index is 518. The molecule has 0 radical (unpaired) electrons. The Morgan fingerprint density at radius 1 is 1.32 bits per heavy atom. The molecule has 0 aliphatic carbocycles. The number of amides is 2. The number of nitrogens with zero attached hydrogens (tertiary/aromatic N) is 4. The van der Waals surface area contributed by atoms with Crippen LogP contribution < -0.4 is 0 Å². The molecule has 2 heterocycles. The zero-order valence-corrected chi connectivity index (χ0v) is 13.5. The van der Waals surface area contributed by atoms with Crippen LogP contribution in [0.4, 0.5) is 0 Å². The van der Waals surface area contributed by atoms with Crippen molar-refractivity contribution in [1.82, 2.24) is 19.7 Å². The Kier molecular flexibility index (Phi) is 5.49. The lowest BCUT2D eigenvalue weighted by molar-refractivity contribution is -0.135. The number of rotatable bonds is 3. The van der Waals surface area contributed by atoms with E-state index in [2.05, 4.69) is 9.88 Å². The van der Waals surface area contributed by atoms with Crippen molar-refractivity contribution in [3.63, 3.8) is 0 Å². The van der Waals surface area contributed by atoms with Gasteiger partial charge in [-0.05, 0) is 11.6 Å². The quantitative estimate of drug-likeness (QED) is 0.813. The fraction of sp³-hybridized carbons (Fsp3) is 0.562. The molecule has 1 aromatic heterocycles. The van der Waals surface area contributed by atoms with E-state index in [0.29, 0.717) is 19.6 Å². The van der Waals surface area contributed by atoms with Crippen molar-refractivity contribution >= 4 is 11.8 Å². The van der Waals surface area contributed by atoms with E-state index in [0.717, 1.165) is 18.7 Å². The molecule has 2 rings (SSSR count). The molecule has 22 heavy (non-hydrogen) atoms. The van der Waals surface area contributed by atoms with Crippen LogP contribution in [-0.2, 0) is 16.1 Å². The highest BCUT2D eigenvalue weighted by Crippen LogP contribution is 2.14. The van der Waals surface area contributed by atoms with E-state index >= 15 is 0 Å². The van der Waals surface area contributed by atoms with Gasteiger partial charge in [0.1, 0.15) is 0 Å². The molecule has 1 fully saturated rings. The van der Waals surface area contributed by atoms with E-state index in [4.69, 9.17) is 0 Å². The molecule has 1 saturated heterocycles. The first-order valence-electron chi connectivity index (χ1n) is 7.55. The summed E-state index contributed by atoms with van der Waals surface area (Å²) in [6.07, 6.45) is 3.60. The maximum Gasteiger partial charge on any atom is 0.228 e. The van der Waals surface area contributed by atoms with Crippen molar-refractivity contribution < 1.29 is 9.59 Å². The normalized spacial score (nSPS) is 19.6. The van der Waals surface area contributed by atoms with Crippen LogP contribution in [-0.4, -0.2) is 71.8 Å². The fourth-order valence-electron chi connectivity index (χ4n) is 2.78. The standard InChI is InChI=1S/C16H24N4O2/c1-13(21)20-8-7-19(10-14-5-4-6-17-9-14)11-15(12-20)16(22)18(2)3/h4-6,9,15H,7-8,10-12H2,1-3H3/t15-/m1/s1. The minimum Gasteiger partial charge on any atom is -0.348 e. The van der Waals surface area contributed by atoms with Crippen molar-refractivity contribution in [1.29, 1.82) is 0 Å². The molecule has 120 valence electrons. The van der Waals surface area contributed by atoms with E-state index in [1.165, 1.54) is 0 Å². The van der Waals surface area contributed by atoms with Crippen LogP contribution in [0.2, 0.25) is 0 Å². The predicted molar refractivity (Wildman–Crippen MR) is 84.0 cm³/mol. The fourth-order valence-corrected chi connectivity index (χ4v) is 2.78. The highest BCUT2D eigenvalue weighted by Gasteiger charge is 2.29. The Morgan fingerprint density at radius 2 is 2.09 bits per heavy atom. The van der Waals surface area contributed by atoms with E-state index < -0.39 is 0 Å². The molecule has 0 spiro atoms. The Balaban J connectivity index is 2.11. The number of hydrogen-bond donors (Lipinski definition) is 0. The second-order valence-corrected chi connectivity index (χ2v) is 5.99. The first-order valence-corrected chi connectivity index (χ1v) is 7.55. The number of carbonyl (C=O) groups excluding carboxylic acids is 2. The maximum atomic E-state index is 12.4. The van der Waals surface area contributed by atoms with Gasteiger partial charge in [0.25, 0.3) is 0 Å². The third kappa shape index (κ3) is 4.27. The van der Waals surface area contributed by atoms with Gasteiger partial charge < -0.3 is 9.80 Å². The summed E-state index contributed by atoms with van der Waals surface area (Å²) in [6, 6.07) is 3.95. The van der Waals surface area contributed by atoms with Crippen LogP contribution in [0.1, 0.15) is 12.5 Å². The summed E-state index contributed by atoms with van der Waals surface area (Å²) in [5, 5.41) is 0. The summed E-state index contributed by atoms with van der Waals surface area (Å²) in [5.41, 5.74) is 1.12. The smallest absolute Gasteiger partial charge is 0.228 e. The Hall–Kier alpha value is -1.95. The Labute approximate surface area is 131 Å². The van der Waals surface area contributed by atoms with Crippen molar-refractivity contribution in [2.75, 3.05) is 40.3 Å². The van der Waals surface area contributed by atoms with Crippen molar-refractivity contribution in [2.45, 2.75) is 13.5 Å². The van der Waals surface area contributed by atoms with Crippen molar-refractivity contribution in [3.05, 3.63) is 30.1 Å². The van der Waals surface area contributed by atoms with Crippen molar-refractivity contribution in [2.24, 2.45) is 5.92 Å². The largest absolute Gasteiger partial charge is 0.348 e. The highest BCUT2D eigenvalue weighted by atomic mass is 16.2. The second kappa shape index (κ2) is 7.35.